The maximum absolute atomic E-state index is 12.3. The average Bonchev–Trinajstić information content (AvgIpc) is 2.97. The van der Waals surface area contributed by atoms with Crippen LogP contribution in [0.1, 0.15) is 43.5 Å². The number of hydrogen-bond donors (Lipinski definition) is 2. The lowest BCUT2D eigenvalue weighted by atomic mass is 9.72. The van der Waals surface area contributed by atoms with Crippen LogP contribution in [0.4, 0.5) is 0 Å². The molecule has 0 unspecified atom stereocenters. The molecule has 1 amide bonds. The third-order valence-electron chi connectivity index (χ3n) is 4.66. The number of amides is 1. The minimum absolute atomic E-state index is 0. The number of aromatic nitrogens is 1. The molecule has 3 N–H and O–H groups in total. The van der Waals surface area contributed by atoms with Gasteiger partial charge in [0, 0.05) is 6.42 Å². The lowest BCUT2D eigenvalue weighted by molar-refractivity contribution is -0.124. The molecule has 2 aromatic rings. The van der Waals surface area contributed by atoms with E-state index in [4.69, 9.17) is 5.73 Å². The summed E-state index contributed by atoms with van der Waals surface area (Å²) in [7, 11) is 0. The fourth-order valence-corrected chi connectivity index (χ4v) is 4.23. The first kappa shape index (κ1) is 18.2. The number of fused-ring (bicyclic) bond motifs is 1. The van der Waals surface area contributed by atoms with E-state index in [1.165, 1.54) is 19.3 Å². The monoisotopic (exact) mass is 353 g/mol. The Morgan fingerprint density at radius 1 is 1.26 bits per heavy atom. The Labute approximate surface area is 147 Å². The zero-order chi connectivity index (χ0) is 15.4. The highest BCUT2D eigenvalue weighted by Crippen LogP contribution is 2.38. The van der Waals surface area contributed by atoms with Crippen LogP contribution in [-0.4, -0.2) is 17.4 Å². The van der Waals surface area contributed by atoms with Gasteiger partial charge in [0.2, 0.25) is 5.91 Å². The number of para-hydroxylation sites is 1. The van der Waals surface area contributed by atoms with E-state index in [1.54, 1.807) is 11.3 Å². The molecule has 6 heteroatoms. The molecule has 0 saturated heterocycles. The highest BCUT2D eigenvalue weighted by atomic mass is 35.5. The normalized spacial score (nSPS) is 16.7. The van der Waals surface area contributed by atoms with Crippen molar-refractivity contribution in [3.05, 3.63) is 29.3 Å². The Hall–Kier alpha value is -1.17. The molecule has 1 fully saturated rings. The number of nitrogens with two attached hydrogens (primary N) is 1. The first-order valence-electron chi connectivity index (χ1n) is 8.02. The largest absolute Gasteiger partial charge is 0.350 e. The van der Waals surface area contributed by atoms with Gasteiger partial charge in [0.25, 0.3) is 0 Å². The third kappa shape index (κ3) is 4.43. The quantitative estimate of drug-likeness (QED) is 0.862. The predicted molar refractivity (Wildman–Crippen MR) is 97.9 cm³/mol. The fourth-order valence-electron chi connectivity index (χ4n) is 3.33. The summed E-state index contributed by atoms with van der Waals surface area (Å²) in [6.07, 6.45) is 6.38. The van der Waals surface area contributed by atoms with Crippen LogP contribution in [0.25, 0.3) is 10.2 Å². The highest BCUT2D eigenvalue weighted by Gasteiger charge is 2.32. The SMILES string of the molecule is Cl.NCC1(CC(=O)NCc2nc3ccccc3s2)CCCCC1. The van der Waals surface area contributed by atoms with E-state index in [0.717, 1.165) is 28.1 Å². The van der Waals surface area contributed by atoms with Crippen molar-refractivity contribution < 1.29 is 4.79 Å². The van der Waals surface area contributed by atoms with Gasteiger partial charge in [-0.25, -0.2) is 4.98 Å². The van der Waals surface area contributed by atoms with Crippen LogP contribution >= 0.6 is 23.7 Å². The molecule has 1 aliphatic rings. The number of halogens is 1. The van der Waals surface area contributed by atoms with Crippen molar-refractivity contribution in [2.75, 3.05) is 6.54 Å². The summed E-state index contributed by atoms with van der Waals surface area (Å²) >= 11 is 1.64. The molecule has 1 saturated carbocycles. The lowest BCUT2D eigenvalue weighted by Gasteiger charge is -2.35. The molecular weight excluding hydrogens is 330 g/mol. The van der Waals surface area contributed by atoms with Gasteiger partial charge in [0.05, 0.1) is 16.8 Å². The molecule has 0 atom stereocenters. The van der Waals surface area contributed by atoms with E-state index >= 15 is 0 Å². The van der Waals surface area contributed by atoms with Crippen LogP contribution in [0.3, 0.4) is 0 Å². The number of carbonyl (C=O) groups is 1. The summed E-state index contributed by atoms with van der Waals surface area (Å²) in [4.78, 5) is 16.8. The van der Waals surface area contributed by atoms with Crippen molar-refractivity contribution in [3.63, 3.8) is 0 Å². The van der Waals surface area contributed by atoms with Gasteiger partial charge in [0.15, 0.2) is 0 Å². The molecule has 1 aliphatic carbocycles. The molecule has 1 aromatic heterocycles. The molecule has 4 nitrogen and oxygen atoms in total. The lowest BCUT2D eigenvalue weighted by Crippen LogP contribution is -2.38. The first-order valence-corrected chi connectivity index (χ1v) is 8.84. The minimum Gasteiger partial charge on any atom is -0.350 e. The second kappa shape index (κ2) is 8.08. The van der Waals surface area contributed by atoms with Crippen LogP contribution < -0.4 is 11.1 Å². The summed E-state index contributed by atoms with van der Waals surface area (Å²) < 4.78 is 1.16. The van der Waals surface area contributed by atoms with Gasteiger partial charge >= 0.3 is 0 Å². The zero-order valence-corrected chi connectivity index (χ0v) is 14.8. The molecule has 0 spiro atoms. The van der Waals surface area contributed by atoms with Crippen LogP contribution in [0.2, 0.25) is 0 Å². The number of carbonyl (C=O) groups excluding carboxylic acids is 1. The van der Waals surface area contributed by atoms with Crippen molar-refractivity contribution in [3.8, 4) is 0 Å². The standard InChI is InChI=1S/C17H23N3OS.ClH/c18-12-17(8-4-1-5-9-17)10-15(21)19-11-16-20-13-6-2-3-7-14(13)22-16;/h2-3,6-7H,1,4-5,8-12,18H2,(H,19,21);1H. The van der Waals surface area contributed by atoms with E-state index in [1.807, 2.05) is 18.2 Å². The molecular formula is C17H24ClN3OS. The van der Waals surface area contributed by atoms with E-state index < -0.39 is 0 Å². The number of rotatable bonds is 5. The predicted octanol–water partition coefficient (Wildman–Crippen LogP) is 3.63. The van der Waals surface area contributed by atoms with Crippen molar-refractivity contribution >= 4 is 39.9 Å². The zero-order valence-electron chi connectivity index (χ0n) is 13.2. The van der Waals surface area contributed by atoms with Gasteiger partial charge < -0.3 is 11.1 Å². The Morgan fingerprint density at radius 3 is 2.70 bits per heavy atom. The number of nitrogens with one attached hydrogen (secondary N) is 1. The van der Waals surface area contributed by atoms with E-state index in [-0.39, 0.29) is 23.7 Å². The minimum atomic E-state index is 0. The molecule has 126 valence electrons. The van der Waals surface area contributed by atoms with E-state index in [2.05, 4.69) is 16.4 Å². The van der Waals surface area contributed by atoms with Gasteiger partial charge in [-0.15, -0.1) is 23.7 Å². The molecule has 1 heterocycles. The summed E-state index contributed by atoms with van der Waals surface area (Å²) in [5.41, 5.74) is 6.98. The van der Waals surface area contributed by atoms with Crippen LogP contribution in [0.5, 0.6) is 0 Å². The van der Waals surface area contributed by atoms with Crippen molar-refractivity contribution in [2.24, 2.45) is 11.1 Å². The number of hydrogen-bond acceptors (Lipinski definition) is 4. The van der Waals surface area contributed by atoms with Gasteiger partial charge in [-0.2, -0.15) is 0 Å². The number of nitrogens with zero attached hydrogens (tertiary/aromatic N) is 1. The fraction of sp³-hybridized carbons (Fsp3) is 0.529. The Morgan fingerprint density at radius 2 is 2.00 bits per heavy atom. The summed E-state index contributed by atoms with van der Waals surface area (Å²) in [6, 6.07) is 8.06. The van der Waals surface area contributed by atoms with Crippen LogP contribution in [0.15, 0.2) is 24.3 Å². The van der Waals surface area contributed by atoms with E-state index in [9.17, 15) is 4.79 Å². The van der Waals surface area contributed by atoms with Gasteiger partial charge in [-0.3, -0.25) is 4.79 Å². The van der Waals surface area contributed by atoms with Crippen LogP contribution in [-0.2, 0) is 11.3 Å². The topological polar surface area (TPSA) is 68.0 Å². The number of benzene rings is 1. The maximum Gasteiger partial charge on any atom is 0.220 e. The first-order chi connectivity index (χ1) is 10.7. The smallest absolute Gasteiger partial charge is 0.220 e. The number of thiazole rings is 1. The molecule has 23 heavy (non-hydrogen) atoms. The Balaban J connectivity index is 0.00000192. The van der Waals surface area contributed by atoms with Gasteiger partial charge in [-0.05, 0) is 36.9 Å². The second-order valence-electron chi connectivity index (χ2n) is 6.29. The molecule has 3 rings (SSSR count). The molecule has 0 bridgehead atoms. The highest BCUT2D eigenvalue weighted by molar-refractivity contribution is 7.18. The van der Waals surface area contributed by atoms with Crippen molar-refractivity contribution in [2.45, 2.75) is 45.1 Å². The molecule has 1 aromatic carbocycles. The summed E-state index contributed by atoms with van der Waals surface area (Å²) in [6.45, 7) is 1.13. The van der Waals surface area contributed by atoms with E-state index in [0.29, 0.717) is 19.5 Å². The van der Waals surface area contributed by atoms with Crippen molar-refractivity contribution in [1.29, 1.82) is 0 Å². The second-order valence-corrected chi connectivity index (χ2v) is 7.41. The Bertz CT molecular complexity index is 619. The summed E-state index contributed by atoms with van der Waals surface area (Å²) in [5, 5.41) is 3.98. The third-order valence-corrected chi connectivity index (χ3v) is 5.69. The summed E-state index contributed by atoms with van der Waals surface area (Å²) in [5.74, 6) is 0.103. The van der Waals surface area contributed by atoms with Gasteiger partial charge in [0.1, 0.15) is 5.01 Å². The maximum atomic E-state index is 12.3. The van der Waals surface area contributed by atoms with Crippen molar-refractivity contribution in [1.82, 2.24) is 10.3 Å². The average molecular weight is 354 g/mol. The Kier molecular flexibility index (Phi) is 6.39. The van der Waals surface area contributed by atoms with Crippen LogP contribution in [0, 0.1) is 5.41 Å². The molecule has 0 aliphatic heterocycles. The molecule has 0 radical (unpaired) electrons. The van der Waals surface area contributed by atoms with Gasteiger partial charge in [-0.1, -0.05) is 31.4 Å².